The van der Waals surface area contributed by atoms with Crippen LogP contribution in [0.2, 0.25) is 10.0 Å². The minimum atomic E-state index is 0.634. The summed E-state index contributed by atoms with van der Waals surface area (Å²) in [6, 6.07) is 26.7. The molecule has 0 heterocycles. The van der Waals surface area contributed by atoms with E-state index in [1.807, 2.05) is 12.1 Å². The first-order valence-corrected chi connectivity index (χ1v) is 9.41. The highest BCUT2D eigenvalue weighted by Gasteiger charge is 2.11. The van der Waals surface area contributed by atoms with Crippen LogP contribution in [0, 0.1) is 0 Å². The third-order valence-corrected chi connectivity index (χ3v) is 5.53. The van der Waals surface area contributed by atoms with Crippen LogP contribution in [0.15, 0.2) is 83.3 Å². The maximum atomic E-state index is 6.42. The predicted molar refractivity (Wildman–Crippen MR) is 113 cm³/mol. The van der Waals surface area contributed by atoms with E-state index >= 15 is 0 Å². The predicted octanol–water partition coefficient (Wildman–Crippen LogP) is 8.24. The van der Waals surface area contributed by atoms with Crippen LogP contribution in [0.4, 0.5) is 0 Å². The van der Waals surface area contributed by atoms with Crippen molar-refractivity contribution >= 4 is 49.9 Å². The molecule has 0 aromatic heterocycles. The van der Waals surface area contributed by atoms with E-state index in [9.17, 15) is 0 Å². The van der Waals surface area contributed by atoms with Crippen LogP contribution in [0.1, 0.15) is 0 Å². The van der Waals surface area contributed by atoms with Crippen molar-refractivity contribution in [2.75, 3.05) is 0 Å². The molecule has 0 aliphatic carbocycles. The van der Waals surface area contributed by atoms with Crippen molar-refractivity contribution in [3.05, 3.63) is 93.4 Å². The van der Waals surface area contributed by atoms with E-state index in [-0.39, 0.29) is 0 Å². The molecule has 0 atom stereocenters. The molecular formula is C22H13BrCl2. The molecule has 0 nitrogen and oxygen atoms in total. The van der Waals surface area contributed by atoms with Gasteiger partial charge in [-0.05, 0) is 51.7 Å². The number of rotatable bonds is 2. The van der Waals surface area contributed by atoms with E-state index in [0.29, 0.717) is 10.0 Å². The topological polar surface area (TPSA) is 0 Å². The zero-order chi connectivity index (χ0) is 17.4. The molecule has 0 aliphatic heterocycles. The van der Waals surface area contributed by atoms with Gasteiger partial charge in [-0.3, -0.25) is 0 Å². The lowest BCUT2D eigenvalue weighted by Gasteiger charge is -2.12. The van der Waals surface area contributed by atoms with Gasteiger partial charge in [0.25, 0.3) is 0 Å². The molecule has 122 valence electrons. The lowest BCUT2D eigenvalue weighted by atomic mass is 9.95. The Morgan fingerprint density at radius 3 is 2.28 bits per heavy atom. The van der Waals surface area contributed by atoms with E-state index < -0.39 is 0 Å². The van der Waals surface area contributed by atoms with Gasteiger partial charge in [0.05, 0.1) is 0 Å². The highest BCUT2D eigenvalue weighted by Crippen LogP contribution is 2.38. The third kappa shape index (κ3) is 3.20. The Morgan fingerprint density at radius 1 is 0.640 bits per heavy atom. The van der Waals surface area contributed by atoms with Gasteiger partial charge >= 0.3 is 0 Å². The van der Waals surface area contributed by atoms with Gasteiger partial charge in [-0.15, -0.1) is 0 Å². The Balaban J connectivity index is 1.93. The van der Waals surface area contributed by atoms with Gasteiger partial charge in [-0.25, -0.2) is 0 Å². The monoisotopic (exact) mass is 426 g/mol. The Morgan fingerprint density at radius 2 is 1.44 bits per heavy atom. The van der Waals surface area contributed by atoms with Crippen LogP contribution < -0.4 is 0 Å². The van der Waals surface area contributed by atoms with Crippen molar-refractivity contribution in [1.82, 2.24) is 0 Å². The molecule has 0 saturated carbocycles. The van der Waals surface area contributed by atoms with Crippen LogP contribution in [0.25, 0.3) is 33.0 Å². The number of hydrogen-bond donors (Lipinski definition) is 0. The molecule has 0 saturated heterocycles. The number of benzene rings is 4. The second-order valence-corrected chi connectivity index (χ2v) is 7.54. The fraction of sp³-hybridized carbons (Fsp3) is 0. The summed E-state index contributed by atoms with van der Waals surface area (Å²) in [5.41, 5.74) is 4.37. The fourth-order valence-corrected chi connectivity index (χ4v) is 4.05. The van der Waals surface area contributed by atoms with E-state index in [1.54, 1.807) is 6.07 Å². The summed E-state index contributed by atoms with van der Waals surface area (Å²) in [7, 11) is 0. The van der Waals surface area contributed by atoms with Gasteiger partial charge in [0, 0.05) is 20.1 Å². The van der Waals surface area contributed by atoms with Gasteiger partial charge in [0.15, 0.2) is 0 Å². The van der Waals surface area contributed by atoms with Crippen molar-refractivity contribution in [3.8, 4) is 22.3 Å². The lowest BCUT2D eigenvalue weighted by Crippen LogP contribution is -1.86. The quantitative estimate of drug-likeness (QED) is 0.302. The summed E-state index contributed by atoms with van der Waals surface area (Å²) in [5.74, 6) is 0. The fourth-order valence-electron chi connectivity index (χ4n) is 3.08. The smallest absolute Gasteiger partial charge is 0.0499 e. The number of fused-ring (bicyclic) bond motifs is 1. The summed E-state index contributed by atoms with van der Waals surface area (Å²) >= 11 is 16.1. The van der Waals surface area contributed by atoms with Crippen LogP contribution >= 0.6 is 39.1 Å². The molecule has 4 aromatic rings. The molecule has 0 bridgehead atoms. The minimum absolute atomic E-state index is 0.634. The highest BCUT2D eigenvalue weighted by molar-refractivity contribution is 9.10. The maximum Gasteiger partial charge on any atom is 0.0499 e. The second-order valence-electron chi connectivity index (χ2n) is 5.85. The van der Waals surface area contributed by atoms with E-state index in [0.717, 1.165) is 21.2 Å². The summed E-state index contributed by atoms with van der Waals surface area (Å²) in [4.78, 5) is 0. The van der Waals surface area contributed by atoms with Gasteiger partial charge < -0.3 is 0 Å². The van der Waals surface area contributed by atoms with Gasteiger partial charge in [0.2, 0.25) is 0 Å². The van der Waals surface area contributed by atoms with Crippen molar-refractivity contribution in [1.29, 1.82) is 0 Å². The summed E-state index contributed by atoms with van der Waals surface area (Å²) < 4.78 is 1.00. The minimum Gasteiger partial charge on any atom is -0.0843 e. The molecule has 4 aromatic carbocycles. The highest BCUT2D eigenvalue weighted by atomic mass is 79.9. The first-order valence-electron chi connectivity index (χ1n) is 7.86. The van der Waals surface area contributed by atoms with E-state index in [2.05, 4.69) is 76.6 Å². The van der Waals surface area contributed by atoms with Crippen LogP contribution in [-0.4, -0.2) is 0 Å². The second kappa shape index (κ2) is 6.84. The number of halogens is 3. The van der Waals surface area contributed by atoms with Crippen molar-refractivity contribution in [2.24, 2.45) is 0 Å². The molecule has 3 heteroatoms. The molecular weight excluding hydrogens is 415 g/mol. The summed E-state index contributed by atoms with van der Waals surface area (Å²) in [6.07, 6.45) is 0. The Kier molecular flexibility index (Phi) is 4.56. The van der Waals surface area contributed by atoms with Gasteiger partial charge in [-0.1, -0.05) is 93.7 Å². The van der Waals surface area contributed by atoms with Gasteiger partial charge in [-0.2, -0.15) is 0 Å². The zero-order valence-electron chi connectivity index (χ0n) is 13.1. The van der Waals surface area contributed by atoms with Crippen molar-refractivity contribution < 1.29 is 0 Å². The maximum absolute atomic E-state index is 6.42. The van der Waals surface area contributed by atoms with Crippen LogP contribution in [0.5, 0.6) is 0 Å². The van der Waals surface area contributed by atoms with E-state index in [1.165, 1.54) is 16.3 Å². The molecule has 0 amide bonds. The molecule has 0 spiro atoms. The normalized spacial score (nSPS) is 11.0. The standard InChI is InChI=1S/C22H13BrCl2/c23-21-11-8-15(12-20(21)19-10-9-16(24)13-22(19)25)18-7-3-5-14-4-1-2-6-17(14)18/h1-13H. The summed E-state index contributed by atoms with van der Waals surface area (Å²) in [5, 5.41) is 3.74. The lowest BCUT2D eigenvalue weighted by molar-refractivity contribution is 1.57. The Labute approximate surface area is 165 Å². The average Bonchev–Trinajstić information content (AvgIpc) is 2.62. The Hall–Kier alpha value is -1.80. The van der Waals surface area contributed by atoms with Crippen molar-refractivity contribution in [3.63, 3.8) is 0 Å². The van der Waals surface area contributed by atoms with Crippen LogP contribution in [0.3, 0.4) is 0 Å². The average molecular weight is 428 g/mol. The Bertz CT molecular complexity index is 1080. The molecule has 0 fully saturated rings. The molecule has 0 radical (unpaired) electrons. The molecule has 0 unspecified atom stereocenters. The van der Waals surface area contributed by atoms with Gasteiger partial charge in [0.1, 0.15) is 0 Å². The number of hydrogen-bond acceptors (Lipinski definition) is 0. The first-order chi connectivity index (χ1) is 12.1. The summed E-state index contributed by atoms with van der Waals surface area (Å²) in [6.45, 7) is 0. The molecule has 25 heavy (non-hydrogen) atoms. The third-order valence-electron chi connectivity index (χ3n) is 4.29. The SMILES string of the molecule is Clc1ccc(-c2cc(-c3cccc4ccccc34)ccc2Br)c(Cl)c1. The van der Waals surface area contributed by atoms with E-state index in [4.69, 9.17) is 23.2 Å². The zero-order valence-corrected chi connectivity index (χ0v) is 16.2. The first kappa shape index (κ1) is 16.7. The van der Waals surface area contributed by atoms with Crippen LogP contribution in [-0.2, 0) is 0 Å². The van der Waals surface area contributed by atoms with Crippen molar-refractivity contribution in [2.45, 2.75) is 0 Å². The molecule has 4 rings (SSSR count). The largest absolute Gasteiger partial charge is 0.0843 e. The molecule has 0 N–H and O–H groups in total. The molecule has 0 aliphatic rings.